The number of nitrogens with zero attached hydrogens (tertiary/aromatic N) is 1. The van der Waals surface area contributed by atoms with Crippen LogP contribution in [0.1, 0.15) is 5.56 Å². The average molecular weight is 388 g/mol. The predicted molar refractivity (Wildman–Crippen MR) is 110 cm³/mol. The molecule has 1 spiro atoms. The number of amides is 2. The number of hydrogen-bond donors (Lipinski definition) is 1. The number of fused-ring (bicyclic) bond motifs is 2. The van der Waals surface area contributed by atoms with E-state index < -0.39 is 4.87 Å². The zero-order valence-electron chi connectivity index (χ0n) is 14.8. The normalized spacial score (nSPS) is 20.4. The van der Waals surface area contributed by atoms with Gasteiger partial charge in [-0.1, -0.05) is 36.4 Å². The van der Waals surface area contributed by atoms with Gasteiger partial charge in [0.1, 0.15) is 11.5 Å². The van der Waals surface area contributed by atoms with Crippen LogP contribution in [0.25, 0.3) is 0 Å². The molecule has 1 atom stereocenters. The number of nitrogens with one attached hydrogen (secondary N) is 1. The first-order valence-corrected chi connectivity index (χ1v) is 9.88. The Labute approximate surface area is 166 Å². The molecule has 2 amide bonds. The molecule has 0 aromatic heterocycles. The Morgan fingerprint density at radius 3 is 2.32 bits per heavy atom. The van der Waals surface area contributed by atoms with Gasteiger partial charge < -0.3 is 10.1 Å². The summed E-state index contributed by atoms with van der Waals surface area (Å²) in [5.41, 5.74) is 2.24. The Hall–Kier alpha value is -3.25. The smallest absolute Gasteiger partial charge is 0.266 e. The lowest BCUT2D eigenvalue weighted by Gasteiger charge is -2.32. The van der Waals surface area contributed by atoms with E-state index in [0.29, 0.717) is 11.4 Å². The molecule has 1 N–H and O–H groups in total. The fraction of sp³-hybridized carbons (Fsp3) is 0.0909. The van der Waals surface area contributed by atoms with Crippen molar-refractivity contribution >= 4 is 35.0 Å². The molecule has 0 radical (unpaired) electrons. The fourth-order valence-electron chi connectivity index (χ4n) is 3.67. The first kappa shape index (κ1) is 16.9. The molecule has 1 unspecified atom stereocenters. The van der Waals surface area contributed by atoms with Crippen molar-refractivity contribution in [3.05, 3.63) is 84.4 Å². The third kappa shape index (κ3) is 2.49. The second kappa shape index (κ2) is 6.42. The third-order valence-electron chi connectivity index (χ3n) is 4.89. The SMILES string of the molecule is O=C1CSC2(C(=O)Nc3ccccc32)N1c1ccc(Oc2ccccc2)cc1. The number of carbonyl (C=O) groups is 2. The van der Waals surface area contributed by atoms with Crippen LogP contribution >= 0.6 is 11.8 Å². The molecule has 5 rings (SSSR count). The molecular weight excluding hydrogens is 372 g/mol. The number of carbonyl (C=O) groups excluding carboxylic acids is 2. The zero-order chi connectivity index (χ0) is 19.1. The van der Waals surface area contributed by atoms with E-state index >= 15 is 0 Å². The van der Waals surface area contributed by atoms with Gasteiger partial charge in [0.15, 0.2) is 0 Å². The van der Waals surface area contributed by atoms with Gasteiger partial charge in [-0.15, -0.1) is 11.8 Å². The summed E-state index contributed by atoms with van der Waals surface area (Å²) in [6, 6.07) is 24.3. The van der Waals surface area contributed by atoms with Crippen molar-refractivity contribution in [1.82, 2.24) is 0 Å². The molecule has 1 fully saturated rings. The van der Waals surface area contributed by atoms with E-state index in [1.54, 1.807) is 4.90 Å². The highest BCUT2D eigenvalue weighted by Gasteiger charge is 2.58. The van der Waals surface area contributed by atoms with Crippen molar-refractivity contribution in [2.75, 3.05) is 16.0 Å². The molecule has 3 aromatic rings. The molecule has 6 heteroatoms. The van der Waals surface area contributed by atoms with Crippen molar-refractivity contribution < 1.29 is 14.3 Å². The van der Waals surface area contributed by atoms with E-state index in [1.807, 2.05) is 78.9 Å². The van der Waals surface area contributed by atoms with Gasteiger partial charge in [0, 0.05) is 16.9 Å². The summed E-state index contributed by atoms with van der Waals surface area (Å²) in [5.74, 6) is 1.38. The summed E-state index contributed by atoms with van der Waals surface area (Å²) in [7, 11) is 0. The second-order valence-electron chi connectivity index (χ2n) is 6.57. The minimum absolute atomic E-state index is 0.0893. The van der Waals surface area contributed by atoms with Crippen LogP contribution < -0.4 is 15.0 Å². The van der Waals surface area contributed by atoms with Gasteiger partial charge >= 0.3 is 0 Å². The van der Waals surface area contributed by atoms with Gasteiger partial charge in [0.2, 0.25) is 10.8 Å². The lowest BCUT2D eigenvalue weighted by Crippen LogP contribution is -2.47. The number of benzene rings is 3. The molecule has 1 saturated heterocycles. The lowest BCUT2D eigenvalue weighted by atomic mass is 10.0. The first-order valence-electron chi connectivity index (χ1n) is 8.89. The van der Waals surface area contributed by atoms with Gasteiger partial charge in [-0.25, -0.2) is 0 Å². The van der Waals surface area contributed by atoms with Crippen molar-refractivity contribution in [2.45, 2.75) is 4.87 Å². The van der Waals surface area contributed by atoms with Crippen LogP contribution in [0.15, 0.2) is 78.9 Å². The maximum atomic E-state index is 12.9. The largest absolute Gasteiger partial charge is 0.457 e. The number of thioether (sulfide) groups is 1. The quantitative estimate of drug-likeness (QED) is 0.724. The molecule has 2 heterocycles. The van der Waals surface area contributed by atoms with Crippen LogP contribution in [0.5, 0.6) is 11.5 Å². The molecule has 5 nitrogen and oxygen atoms in total. The Morgan fingerprint density at radius 2 is 1.54 bits per heavy atom. The van der Waals surface area contributed by atoms with Crippen molar-refractivity contribution in [1.29, 1.82) is 0 Å². The van der Waals surface area contributed by atoms with Gasteiger partial charge in [0.05, 0.1) is 5.75 Å². The highest BCUT2D eigenvalue weighted by molar-refractivity contribution is 8.02. The number of hydrogen-bond acceptors (Lipinski definition) is 4. The van der Waals surface area contributed by atoms with Gasteiger partial charge in [-0.05, 0) is 42.5 Å². The Kier molecular flexibility index (Phi) is 3.87. The topological polar surface area (TPSA) is 58.6 Å². The molecule has 0 saturated carbocycles. The van der Waals surface area contributed by atoms with Crippen molar-refractivity contribution in [2.24, 2.45) is 0 Å². The summed E-state index contributed by atoms with van der Waals surface area (Å²) in [6.07, 6.45) is 0. The molecule has 3 aromatic carbocycles. The van der Waals surface area contributed by atoms with E-state index in [4.69, 9.17) is 4.74 Å². The molecule has 2 aliphatic heterocycles. The number of rotatable bonds is 3. The second-order valence-corrected chi connectivity index (χ2v) is 7.74. The van der Waals surface area contributed by atoms with Crippen LogP contribution in [-0.4, -0.2) is 17.6 Å². The van der Waals surface area contributed by atoms with Gasteiger partial charge in [-0.3, -0.25) is 14.5 Å². The van der Waals surface area contributed by atoms with Crippen molar-refractivity contribution in [3.63, 3.8) is 0 Å². The Morgan fingerprint density at radius 1 is 0.857 bits per heavy atom. The molecule has 138 valence electrons. The number of para-hydroxylation sites is 2. The fourth-order valence-corrected chi connectivity index (χ4v) is 4.98. The lowest BCUT2D eigenvalue weighted by molar-refractivity contribution is -0.122. The third-order valence-corrected chi connectivity index (χ3v) is 6.29. The summed E-state index contributed by atoms with van der Waals surface area (Å²) in [4.78, 5) is 26.2. The average Bonchev–Trinajstić information content (AvgIpc) is 3.21. The standard InChI is InChI=1S/C22H16N2O3S/c25-20-14-28-22(18-8-4-5-9-19(18)23-21(22)26)24(20)15-10-12-17(13-11-15)27-16-6-2-1-3-7-16/h1-13H,14H2,(H,23,26). The van der Waals surface area contributed by atoms with E-state index in [2.05, 4.69) is 5.32 Å². The predicted octanol–water partition coefficient (Wildman–Crippen LogP) is 4.36. The van der Waals surface area contributed by atoms with Crippen LogP contribution in [0.3, 0.4) is 0 Å². The number of ether oxygens (including phenoxy) is 1. The molecule has 0 aliphatic carbocycles. The maximum Gasteiger partial charge on any atom is 0.266 e. The molecular formula is C22H16N2O3S. The molecule has 2 aliphatic rings. The number of anilines is 2. The first-order chi connectivity index (χ1) is 13.7. The zero-order valence-corrected chi connectivity index (χ0v) is 15.6. The van der Waals surface area contributed by atoms with E-state index in [9.17, 15) is 9.59 Å². The van der Waals surface area contributed by atoms with Crippen LogP contribution in [0, 0.1) is 0 Å². The monoisotopic (exact) mass is 388 g/mol. The summed E-state index contributed by atoms with van der Waals surface area (Å²) in [6.45, 7) is 0. The Balaban J connectivity index is 1.51. The van der Waals surface area contributed by atoms with Crippen LogP contribution in [-0.2, 0) is 14.5 Å². The molecule has 0 bridgehead atoms. The Bertz CT molecular complexity index is 1070. The van der Waals surface area contributed by atoms with E-state index in [1.165, 1.54) is 11.8 Å². The summed E-state index contributed by atoms with van der Waals surface area (Å²) < 4.78 is 5.83. The van der Waals surface area contributed by atoms with Crippen molar-refractivity contribution in [3.8, 4) is 11.5 Å². The highest BCUT2D eigenvalue weighted by Crippen LogP contribution is 2.53. The minimum Gasteiger partial charge on any atom is -0.457 e. The summed E-state index contributed by atoms with van der Waals surface area (Å²) in [5, 5.41) is 2.92. The van der Waals surface area contributed by atoms with E-state index in [0.717, 1.165) is 17.0 Å². The summed E-state index contributed by atoms with van der Waals surface area (Å²) >= 11 is 1.35. The van der Waals surface area contributed by atoms with Crippen LogP contribution in [0.2, 0.25) is 0 Å². The minimum atomic E-state index is -1.06. The van der Waals surface area contributed by atoms with Crippen LogP contribution in [0.4, 0.5) is 11.4 Å². The van der Waals surface area contributed by atoms with Gasteiger partial charge in [-0.2, -0.15) is 0 Å². The molecule has 28 heavy (non-hydrogen) atoms. The van der Waals surface area contributed by atoms with Gasteiger partial charge in [0.25, 0.3) is 5.91 Å². The van der Waals surface area contributed by atoms with E-state index in [-0.39, 0.29) is 17.6 Å². The maximum absolute atomic E-state index is 12.9. The highest BCUT2D eigenvalue weighted by atomic mass is 32.2.